The lowest BCUT2D eigenvalue weighted by molar-refractivity contribution is -0.00301. The standard InChI is InChI=1S/C21H26N2O2/c1-15-5-4-6-17(9-15)11-19-14-23(8-7-20(19)25-3)21(24)18-10-16(2)12-22-13-18/h4-6,9-10,12-13,19-20H,7-8,11,14H2,1-3H3/t19-,20+/m0/s1. The summed E-state index contributed by atoms with van der Waals surface area (Å²) in [4.78, 5) is 19.0. The van der Waals surface area contributed by atoms with Gasteiger partial charge >= 0.3 is 0 Å². The number of nitrogens with zero attached hydrogens (tertiary/aromatic N) is 2. The van der Waals surface area contributed by atoms with Gasteiger partial charge in [0.25, 0.3) is 5.91 Å². The number of hydrogen-bond donors (Lipinski definition) is 0. The molecule has 0 aliphatic carbocycles. The first-order chi connectivity index (χ1) is 12.1. The summed E-state index contributed by atoms with van der Waals surface area (Å²) in [5.41, 5.74) is 4.25. The monoisotopic (exact) mass is 338 g/mol. The molecule has 0 radical (unpaired) electrons. The van der Waals surface area contributed by atoms with Crippen molar-refractivity contribution in [3.63, 3.8) is 0 Å². The normalized spacial score (nSPS) is 20.5. The highest BCUT2D eigenvalue weighted by molar-refractivity contribution is 5.94. The van der Waals surface area contributed by atoms with Crippen molar-refractivity contribution in [3.05, 3.63) is 65.0 Å². The molecule has 4 heteroatoms. The molecule has 1 saturated heterocycles. The predicted molar refractivity (Wildman–Crippen MR) is 98.7 cm³/mol. The third kappa shape index (κ3) is 4.26. The van der Waals surface area contributed by atoms with E-state index < -0.39 is 0 Å². The van der Waals surface area contributed by atoms with Crippen LogP contribution in [-0.2, 0) is 11.2 Å². The maximum absolute atomic E-state index is 12.8. The van der Waals surface area contributed by atoms with E-state index in [9.17, 15) is 4.79 Å². The first-order valence-corrected chi connectivity index (χ1v) is 8.86. The van der Waals surface area contributed by atoms with Gasteiger partial charge in [-0.05, 0) is 43.9 Å². The van der Waals surface area contributed by atoms with E-state index in [2.05, 4.69) is 36.2 Å². The first kappa shape index (κ1) is 17.6. The third-order valence-electron chi connectivity index (χ3n) is 4.96. The summed E-state index contributed by atoms with van der Waals surface area (Å²) in [6.07, 6.45) is 5.43. The van der Waals surface area contributed by atoms with E-state index in [1.807, 2.05) is 17.9 Å². The minimum atomic E-state index is 0.0694. The minimum Gasteiger partial charge on any atom is -0.381 e. The zero-order valence-corrected chi connectivity index (χ0v) is 15.2. The number of benzene rings is 1. The highest BCUT2D eigenvalue weighted by atomic mass is 16.5. The highest BCUT2D eigenvalue weighted by Crippen LogP contribution is 2.25. The molecule has 0 saturated carbocycles. The molecule has 0 N–H and O–H groups in total. The molecule has 0 spiro atoms. The molecule has 3 rings (SSSR count). The van der Waals surface area contributed by atoms with Gasteiger partial charge in [0.15, 0.2) is 0 Å². The maximum atomic E-state index is 12.8. The Morgan fingerprint density at radius 2 is 2.08 bits per heavy atom. The van der Waals surface area contributed by atoms with Crippen LogP contribution in [0.1, 0.15) is 33.5 Å². The number of methoxy groups -OCH3 is 1. The van der Waals surface area contributed by atoms with E-state index >= 15 is 0 Å². The summed E-state index contributed by atoms with van der Waals surface area (Å²) in [5.74, 6) is 0.377. The number of piperidine rings is 1. The Labute approximate surface area is 149 Å². The van der Waals surface area contributed by atoms with Gasteiger partial charge in [-0.25, -0.2) is 0 Å². The lowest BCUT2D eigenvalue weighted by atomic mass is 9.88. The van der Waals surface area contributed by atoms with E-state index in [-0.39, 0.29) is 12.0 Å². The van der Waals surface area contributed by atoms with Crippen LogP contribution in [0.4, 0.5) is 0 Å². The fourth-order valence-corrected chi connectivity index (χ4v) is 3.70. The second-order valence-corrected chi connectivity index (χ2v) is 7.02. The van der Waals surface area contributed by atoms with E-state index in [0.717, 1.165) is 31.5 Å². The van der Waals surface area contributed by atoms with Crippen LogP contribution in [0.2, 0.25) is 0 Å². The van der Waals surface area contributed by atoms with Crippen LogP contribution in [-0.4, -0.2) is 42.1 Å². The molecule has 1 amide bonds. The molecule has 25 heavy (non-hydrogen) atoms. The molecule has 132 valence electrons. The van der Waals surface area contributed by atoms with Crippen molar-refractivity contribution in [2.24, 2.45) is 5.92 Å². The number of likely N-dealkylation sites (tertiary alicyclic amines) is 1. The Morgan fingerprint density at radius 3 is 2.80 bits per heavy atom. The smallest absolute Gasteiger partial charge is 0.255 e. The number of ether oxygens (including phenoxy) is 1. The van der Waals surface area contributed by atoms with E-state index in [1.54, 1.807) is 19.5 Å². The molecule has 0 unspecified atom stereocenters. The van der Waals surface area contributed by atoms with Crippen molar-refractivity contribution in [1.29, 1.82) is 0 Å². The van der Waals surface area contributed by atoms with Gasteiger partial charge in [0.1, 0.15) is 0 Å². The van der Waals surface area contributed by atoms with Gasteiger partial charge in [0, 0.05) is 38.5 Å². The second kappa shape index (κ2) is 7.79. The molecule has 2 heterocycles. The summed E-state index contributed by atoms with van der Waals surface area (Å²) in [6, 6.07) is 10.5. The summed E-state index contributed by atoms with van der Waals surface area (Å²) >= 11 is 0. The molecule has 2 aromatic rings. The predicted octanol–water partition coefficient (Wildman–Crippen LogP) is 3.42. The zero-order chi connectivity index (χ0) is 17.8. The van der Waals surface area contributed by atoms with Crippen LogP contribution in [0.3, 0.4) is 0 Å². The summed E-state index contributed by atoms with van der Waals surface area (Å²) < 4.78 is 5.71. The Hall–Kier alpha value is -2.20. The van der Waals surface area contributed by atoms with Crippen LogP contribution in [0.5, 0.6) is 0 Å². The Bertz CT molecular complexity index is 744. The highest BCUT2D eigenvalue weighted by Gasteiger charge is 2.32. The fourth-order valence-electron chi connectivity index (χ4n) is 3.70. The molecule has 1 aliphatic heterocycles. The summed E-state index contributed by atoms with van der Waals surface area (Å²) in [6.45, 7) is 5.52. The quantitative estimate of drug-likeness (QED) is 0.858. The number of hydrogen-bond acceptors (Lipinski definition) is 3. The molecule has 0 bridgehead atoms. The number of carbonyl (C=O) groups excluding carboxylic acids is 1. The topological polar surface area (TPSA) is 42.4 Å². The largest absolute Gasteiger partial charge is 0.381 e. The van der Waals surface area contributed by atoms with Crippen molar-refractivity contribution in [2.75, 3.05) is 20.2 Å². The van der Waals surface area contributed by atoms with Crippen molar-refractivity contribution in [2.45, 2.75) is 32.8 Å². The zero-order valence-electron chi connectivity index (χ0n) is 15.2. The third-order valence-corrected chi connectivity index (χ3v) is 4.96. The summed E-state index contributed by atoms with van der Waals surface area (Å²) in [5, 5.41) is 0. The Balaban J connectivity index is 1.74. The lowest BCUT2D eigenvalue weighted by Gasteiger charge is -2.38. The van der Waals surface area contributed by atoms with E-state index in [4.69, 9.17) is 4.74 Å². The van der Waals surface area contributed by atoms with Gasteiger partial charge in [-0.3, -0.25) is 9.78 Å². The number of rotatable bonds is 4. The van der Waals surface area contributed by atoms with E-state index in [0.29, 0.717) is 11.5 Å². The molecule has 1 fully saturated rings. The van der Waals surface area contributed by atoms with Crippen molar-refractivity contribution >= 4 is 5.91 Å². The fraction of sp³-hybridized carbons (Fsp3) is 0.429. The average Bonchev–Trinajstić information content (AvgIpc) is 2.61. The summed E-state index contributed by atoms with van der Waals surface area (Å²) in [7, 11) is 1.77. The van der Waals surface area contributed by atoms with Gasteiger partial charge < -0.3 is 9.64 Å². The molecule has 1 aromatic heterocycles. The number of carbonyl (C=O) groups is 1. The lowest BCUT2D eigenvalue weighted by Crippen LogP contribution is -2.47. The van der Waals surface area contributed by atoms with Gasteiger partial charge in [0.05, 0.1) is 11.7 Å². The van der Waals surface area contributed by atoms with Crippen LogP contribution < -0.4 is 0 Å². The number of amides is 1. The molecule has 1 aliphatic rings. The van der Waals surface area contributed by atoms with Crippen molar-refractivity contribution < 1.29 is 9.53 Å². The van der Waals surface area contributed by atoms with Crippen LogP contribution >= 0.6 is 0 Å². The number of aromatic nitrogens is 1. The van der Waals surface area contributed by atoms with Gasteiger partial charge in [-0.1, -0.05) is 29.8 Å². The van der Waals surface area contributed by atoms with Crippen LogP contribution in [0, 0.1) is 19.8 Å². The number of pyridine rings is 1. The van der Waals surface area contributed by atoms with E-state index in [1.165, 1.54) is 11.1 Å². The SMILES string of the molecule is CO[C@@H]1CCN(C(=O)c2cncc(C)c2)C[C@@H]1Cc1cccc(C)c1. The van der Waals surface area contributed by atoms with Crippen molar-refractivity contribution in [3.8, 4) is 0 Å². The molecular formula is C21H26N2O2. The van der Waals surface area contributed by atoms with Crippen LogP contribution in [0.15, 0.2) is 42.7 Å². The maximum Gasteiger partial charge on any atom is 0.255 e. The van der Waals surface area contributed by atoms with Gasteiger partial charge in [-0.2, -0.15) is 0 Å². The number of aryl methyl sites for hydroxylation is 2. The van der Waals surface area contributed by atoms with Gasteiger partial charge in [-0.15, -0.1) is 0 Å². The second-order valence-electron chi connectivity index (χ2n) is 7.02. The molecule has 4 nitrogen and oxygen atoms in total. The first-order valence-electron chi connectivity index (χ1n) is 8.86. The molecule has 2 atom stereocenters. The van der Waals surface area contributed by atoms with Crippen molar-refractivity contribution in [1.82, 2.24) is 9.88 Å². The van der Waals surface area contributed by atoms with Crippen LogP contribution in [0.25, 0.3) is 0 Å². The molecule has 1 aromatic carbocycles. The Kier molecular flexibility index (Phi) is 5.49. The minimum absolute atomic E-state index is 0.0694. The average molecular weight is 338 g/mol. The van der Waals surface area contributed by atoms with Gasteiger partial charge in [0.2, 0.25) is 0 Å². The molecular weight excluding hydrogens is 312 g/mol. The Morgan fingerprint density at radius 1 is 1.24 bits per heavy atom.